The van der Waals surface area contributed by atoms with Gasteiger partial charge in [-0.15, -0.1) is 0 Å². The van der Waals surface area contributed by atoms with Crippen LogP contribution in [0.3, 0.4) is 0 Å². The predicted octanol–water partition coefficient (Wildman–Crippen LogP) is 2.56. The summed E-state index contributed by atoms with van der Waals surface area (Å²) in [5.74, 6) is 0.175. The number of nitrogens with one attached hydrogen (secondary N) is 2. The van der Waals surface area contributed by atoms with Crippen LogP contribution in [0.4, 0.5) is 18.9 Å². The lowest BCUT2D eigenvalue weighted by Crippen LogP contribution is -2.37. The molecule has 112 valence electrons. The van der Waals surface area contributed by atoms with E-state index in [1.807, 2.05) is 0 Å². The number of ether oxygens (including phenoxy) is 1. The molecular formula is C13H17F3N2O2. The Morgan fingerprint density at radius 1 is 1.40 bits per heavy atom. The first-order chi connectivity index (χ1) is 9.30. The molecule has 4 nitrogen and oxygen atoms in total. The highest BCUT2D eigenvalue weighted by molar-refractivity contribution is 5.92. The summed E-state index contributed by atoms with van der Waals surface area (Å²) in [6.07, 6.45) is -5.21. The van der Waals surface area contributed by atoms with E-state index in [0.717, 1.165) is 0 Å². The van der Waals surface area contributed by atoms with Crippen molar-refractivity contribution in [2.45, 2.75) is 25.6 Å². The number of hydrogen-bond acceptors (Lipinski definition) is 3. The molecule has 0 aliphatic rings. The second kappa shape index (κ2) is 7.14. The number of carbonyl (C=O) groups excluding carboxylic acids is 1. The normalized spacial score (nSPS) is 12.8. The van der Waals surface area contributed by atoms with E-state index in [9.17, 15) is 18.0 Å². The quantitative estimate of drug-likeness (QED) is 0.846. The Balaban J connectivity index is 2.40. The van der Waals surface area contributed by atoms with E-state index in [2.05, 4.69) is 10.6 Å². The first kappa shape index (κ1) is 16.3. The Bertz CT molecular complexity index is 449. The summed E-state index contributed by atoms with van der Waals surface area (Å²) in [5, 5.41) is 5.10. The molecule has 0 aliphatic carbocycles. The second-order valence-electron chi connectivity index (χ2n) is 4.38. The molecule has 1 amide bonds. The number of alkyl halides is 3. The van der Waals surface area contributed by atoms with Crippen molar-refractivity contribution in [3.8, 4) is 5.75 Å². The predicted molar refractivity (Wildman–Crippen MR) is 69.8 cm³/mol. The van der Waals surface area contributed by atoms with Crippen LogP contribution in [0.2, 0.25) is 0 Å². The van der Waals surface area contributed by atoms with Crippen LogP contribution in [0, 0.1) is 0 Å². The van der Waals surface area contributed by atoms with Gasteiger partial charge in [0.1, 0.15) is 5.75 Å². The maximum atomic E-state index is 12.1. The van der Waals surface area contributed by atoms with Crippen LogP contribution in [0.1, 0.15) is 13.3 Å². The Kier molecular flexibility index (Phi) is 5.82. The molecule has 2 N–H and O–H groups in total. The second-order valence-corrected chi connectivity index (χ2v) is 4.38. The SMILES string of the molecule is COc1cccc(NC(=O)CNC(C)CC(F)(F)F)c1. The fourth-order valence-corrected chi connectivity index (χ4v) is 1.59. The lowest BCUT2D eigenvalue weighted by atomic mass is 10.2. The molecule has 0 heterocycles. The number of rotatable bonds is 6. The van der Waals surface area contributed by atoms with Gasteiger partial charge < -0.3 is 15.4 Å². The van der Waals surface area contributed by atoms with E-state index in [0.29, 0.717) is 11.4 Å². The van der Waals surface area contributed by atoms with Gasteiger partial charge in [0.05, 0.1) is 20.1 Å². The highest BCUT2D eigenvalue weighted by atomic mass is 19.4. The summed E-state index contributed by atoms with van der Waals surface area (Å²) >= 11 is 0. The molecule has 1 aromatic rings. The molecule has 0 saturated heterocycles. The molecular weight excluding hydrogens is 273 g/mol. The van der Waals surface area contributed by atoms with Crippen LogP contribution in [0.15, 0.2) is 24.3 Å². The van der Waals surface area contributed by atoms with Crippen LogP contribution in [-0.2, 0) is 4.79 Å². The maximum Gasteiger partial charge on any atom is 0.390 e. The van der Waals surface area contributed by atoms with Gasteiger partial charge >= 0.3 is 6.18 Å². The van der Waals surface area contributed by atoms with E-state index < -0.39 is 24.5 Å². The van der Waals surface area contributed by atoms with E-state index in [1.165, 1.54) is 14.0 Å². The van der Waals surface area contributed by atoms with Crippen molar-refractivity contribution in [1.29, 1.82) is 0 Å². The molecule has 1 rings (SSSR count). The molecule has 0 aliphatic heterocycles. The molecule has 20 heavy (non-hydrogen) atoms. The van der Waals surface area contributed by atoms with Gasteiger partial charge in [-0.2, -0.15) is 13.2 Å². The maximum absolute atomic E-state index is 12.1. The molecule has 1 unspecified atom stereocenters. The van der Waals surface area contributed by atoms with Crippen molar-refractivity contribution in [3.05, 3.63) is 24.3 Å². The van der Waals surface area contributed by atoms with Crippen molar-refractivity contribution in [2.24, 2.45) is 0 Å². The van der Waals surface area contributed by atoms with Gasteiger partial charge in [0, 0.05) is 17.8 Å². The summed E-state index contributed by atoms with van der Waals surface area (Å²) in [6.45, 7) is 1.20. The number of halogens is 3. The van der Waals surface area contributed by atoms with Gasteiger partial charge in [0.15, 0.2) is 0 Å². The van der Waals surface area contributed by atoms with E-state index in [4.69, 9.17) is 4.74 Å². The lowest BCUT2D eigenvalue weighted by Gasteiger charge is -2.15. The highest BCUT2D eigenvalue weighted by Gasteiger charge is 2.29. The molecule has 0 spiro atoms. The van der Waals surface area contributed by atoms with Gasteiger partial charge in [-0.1, -0.05) is 6.07 Å². The van der Waals surface area contributed by atoms with Crippen LogP contribution in [-0.4, -0.2) is 31.8 Å². The van der Waals surface area contributed by atoms with Crippen LogP contribution < -0.4 is 15.4 Å². The molecule has 0 saturated carbocycles. The van der Waals surface area contributed by atoms with Crippen molar-refractivity contribution in [1.82, 2.24) is 5.32 Å². The zero-order valence-corrected chi connectivity index (χ0v) is 11.3. The zero-order chi connectivity index (χ0) is 15.2. The Hall–Kier alpha value is -1.76. The number of benzene rings is 1. The minimum absolute atomic E-state index is 0.186. The topological polar surface area (TPSA) is 50.4 Å². The Morgan fingerprint density at radius 2 is 2.10 bits per heavy atom. The van der Waals surface area contributed by atoms with Gasteiger partial charge in [-0.05, 0) is 19.1 Å². The number of anilines is 1. The first-order valence-corrected chi connectivity index (χ1v) is 6.04. The smallest absolute Gasteiger partial charge is 0.390 e. The minimum Gasteiger partial charge on any atom is -0.497 e. The van der Waals surface area contributed by atoms with Crippen molar-refractivity contribution in [3.63, 3.8) is 0 Å². The van der Waals surface area contributed by atoms with Crippen molar-refractivity contribution < 1.29 is 22.7 Å². The van der Waals surface area contributed by atoms with Crippen LogP contribution in [0.5, 0.6) is 5.75 Å². The number of amides is 1. The third kappa shape index (κ3) is 6.42. The largest absolute Gasteiger partial charge is 0.497 e. The number of hydrogen-bond donors (Lipinski definition) is 2. The summed E-state index contributed by atoms with van der Waals surface area (Å²) in [7, 11) is 1.50. The van der Waals surface area contributed by atoms with E-state index >= 15 is 0 Å². The van der Waals surface area contributed by atoms with Gasteiger partial charge in [0.2, 0.25) is 5.91 Å². The van der Waals surface area contributed by atoms with Gasteiger partial charge in [-0.3, -0.25) is 4.79 Å². The Morgan fingerprint density at radius 3 is 2.70 bits per heavy atom. The van der Waals surface area contributed by atoms with Crippen LogP contribution in [0.25, 0.3) is 0 Å². The summed E-state index contributed by atoms with van der Waals surface area (Å²) in [6, 6.07) is 5.90. The fourth-order valence-electron chi connectivity index (χ4n) is 1.59. The number of carbonyl (C=O) groups is 1. The average molecular weight is 290 g/mol. The minimum atomic E-state index is -4.24. The zero-order valence-electron chi connectivity index (χ0n) is 11.3. The third-order valence-electron chi connectivity index (χ3n) is 2.50. The molecule has 7 heteroatoms. The van der Waals surface area contributed by atoms with E-state index in [-0.39, 0.29) is 6.54 Å². The van der Waals surface area contributed by atoms with Crippen LogP contribution >= 0.6 is 0 Å². The summed E-state index contributed by atoms with van der Waals surface area (Å²) in [4.78, 5) is 11.6. The number of methoxy groups -OCH3 is 1. The van der Waals surface area contributed by atoms with E-state index in [1.54, 1.807) is 24.3 Å². The van der Waals surface area contributed by atoms with Crippen molar-refractivity contribution in [2.75, 3.05) is 19.0 Å². The average Bonchev–Trinajstić information content (AvgIpc) is 2.34. The Labute approximate surface area is 115 Å². The third-order valence-corrected chi connectivity index (χ3v) is 2.50. The van der Waals surface area contributed by atoms with Crippen molar-refractivity contribution >= 4 is 11.6 Å². The van der Waals surface area contributed by atoms with Gasteiger partial charge in [-0.25, -0.2) is 0 Å². The molecule has 0 fully saturated rings. The summed E-state index contributed by atoms with van der Waals surface area (Å²) in [5.41, 5.74) is 0.527. The highest BCUT2D eigenvalue weighted by Crippen LogP contribution is 2.21. The lowest BCUT2D eigenvalue weighted by molar-refractivity contribution is -0.139. The fraction of sp³-hybridized carbons (Fsp3) is 0.462. The molecule has 0 radical (unpaired) electrons. The van der Waals surface area contributed by atoms with Gasteiger partial charge in [0.25, 0.3) is 0 Å². The molecule has 0 bridgehead atoms. The standard InChI is InChI=1S/C13H17F3N2O2/c1-9(7-13(14,15)16)17-8-12(19)18-10-4-3-5-11(6-10)20-2/h3-6,9,17H,7-8H2,1-2H3,(H,18,19). The molecule has 1 atom stereocenters. The molecule has 1 aromatic carbocycles. The first-order valence-electron chi connectivity index (χ1n) is 6.04. The summed E-state index contributed by atoms with van der Waals surface area (Å²) < 4.78 is 41.3. The molecule has 0 aromatic heterocycles. The monoisotopic (exact) mass is 290 g/mol.